The van der Waals surface area contributed by atoms with Crippen molar-refractivity contribution in [2.45, 2.75) is 69.4 Å². The Kier molecular flexibility index (Phi) is 5.53. The predicted molar refractivity (Wildman–Crippen MR) is 90.4 cm³/mol. The molecule has 0 aromatic heterocycles. The normalized spacial score (nSPS) is 32.2. The molecule has 1 aliphatic heterocycles. The van der Waals surface area contributed by atoms with Crippen molar-refractivity contribution >= 4 is 28.7 Å². The Morgan fingerprint density at radius 2 is 1.95 bits per heavy atom. The third-order valence-corrected chi connectivity index (χ3v) is 6.15. The molecule has 2 rings (SSSR count). The quantitative estimate of drug-likeness (QED) is 0.847. The first-order chi connectivity index (χ1) is 8.96. The second kappa shape index (κ2) is 6.75. The molecule has 1 saturated carbocycles. The van der Waals surface area contributed by atoms with Gasteiger partial charge in [0.05, 0.1) is 6.54 Å². The lowest BCUT2D eigenvalue weighted by molar-refractivity contribution is 0.375. The Bertz CT molecular complexity index is 315. The van der Waals surface area contributed by atoms with Gasteiger partial charge in [-0.1, -0.05) is 32.5 Å². The second-order valence-electron chi connectivity index (χ2n) is 7.00. The number of thioether (sulfide) groups is 2. The van der Waals surface area contributed by atoms with Crippen molar-refractivity contribution in [1.82, 2.24) is 5.32 Å². The van der Waals surface area contributed by atoms with Gasteiger partial charge >= 0.3 is 0 Å². The fourth-order valence-electron chi connectivity index (χ4n) is 2.90. The molecular weight excluding hydrogens is 272 g/mol. The first-order valence-electron chi connectivity index (χ1n) is 7.47. The Hall–Kier alpha value is 0.170. The fourth-order valence-corrected chi connectivity index (χ4v) is 5.08. The van der Waals surface area contributed by atoms with E-state index < -0.39 is 0 Å². The molecule has 2 aliphatic rings. The monoisotopic (exact) mass is 300 g/mol. The topological polar surface area (TPSA) is 24.4 Å². The van der Waals surface area contributed by atoms with Crippen LogP contribution in [0, 0.1) is 5.41 Å². The minimum Gasteiger partial charge on any atom is -0.362 e. The highest BCUT2D eigenvalue weighted by Crippen LogP contribution is 2.32. The maximum Gasteiger partial charge on any atom is 0.157 e. The molecule has 19 heavy (non-hydrogen) atoms. The summed E-state index contributed by atoms with van der Waals surface area (Å²) in [5, 5.41) is 6.47. The predicted octanol–water partition coefficient (Wildman–Crippen LogP) is 4.16. The largest absolute Gasteiger partial charge is 0.362 e. The van der Waals surface area contributed by atoms with E-state index in [-0.39, 0.29) is 0 Å². The molecule has 1 fully saturated rings. The first-order valence-corrected chi connectivity index (χ1v) is 9.63. The Labute approximate surface area is 127 Å². The van der Waals surface area contributed by atoms with Crippen LogP contribution in [0.5, 0.6) is 0 Å². The highest BCUT2D eigenvalue weighted by molar-refractivity contribution is 8.14. The highest BCUT2D eigenvalue weighted by atomic mass is 32.2. The summed E-state index contributed by atoms with van der Waals surface area (Å²) in [5.74, 6) is 0. The average Bonchev–Trinajstić information content (AvgIpc) is 2.75. The molecule has 0 aromatic rings. The maximum absolute atomic E-state index is 4.70. The van der Waals surface area contributed by atoms with Gasteiger partial charge in [0.1, 0.15) is 0 Å². The van der Waals surface area contributed by atoms with Crippen molar-refractivity contribution in [3.05, 3.63) is 0 Å². The number of hydrogen-bond acceptors (Lipinski definition) is 4. The zero-order valence-electron chi connectivity index (χ0n) is 12.7. The van der Waals surface area contributed by atoms with Gasteiger partial charge in [0.2, 0.25) is 0 Å². The smallest absolute Gasteiger partial charge is 0.157 e. The van der Waals surface area contributed by atoms with E-state index in [1.807, 2.05) is 23.5 Å². The fraction of sp³-hybridized carbons (Fsp3) is 0.933. The lowest BCUT2D eigenvalue weighted by atomic mass is 9.90. The summed E-state index contributed by atoms with van der Waals surface area (Å²) < 4.78 is 0. The van der Waals surface area contributed by atoms with Gasteiger partial charge in [-0.2, -0.15) is 11.8 Å². The standard InChI is InChI=1S/C15H28N2S2/c1-15(2,3)9-13-10-16-14(19-13)17-11-5-7-12(18-4)8-6-11/h11-13H,5-10H2,1-4H3,(H,16,17). The Morgan fingerprint density at radius 1 is 1.26 bits per heavy atom. The number of nitrogens with one attached hydrogen (secondary N) is 1. The van der Waals surface area contributed by atoms with Gasteiger partial charge in [0, 0.05) is 16.5 Å². The van der Waals surface area contributed by atoms with Crippen molar-refractivity contribution in [2.75, 3.05) is 12.8 Å². The zero-order valence-corrected chi connectivity index (χ0v) is 14.4. The summed E-state index contributed by atoms with van der Waals surface area (Å²) >= 11 is 4.01. The van der Waals surface area contributed by atoms with Gasteiger partial charge in [0.15, 0.2) is 5.17 Å². The minimum atomic E-state index is 0.416. The van der Waals surface area contributed by atoms with Gasteiger partial charge in [-0.25, -0.2) is 0 Å². The van der Waals surface area contributed by atoms with Crippen molar-refractivity contribution in [3.8, 4) is 0 Å². The van der Waals surface area contributed by atoms with E-state index in [2.05, 4.69) is 32.3 Å². The van der Waals surface area contributed by atoms with Gasteiger partial charge in [0.25, 0.3) is 0 Å². The Morgan fingerprint density at radius 3 is 2.53 bits per heavy atom. The van der Waals surface area contributed by atoms with Gasteiger partial charge in [-0.15, -0.1) is 0 Å². The van der Waals surface area contributed by atoms with Crippen LogP contribution in [0.15, 0.2) is 4.99 Å². The van der Waals surface area contributed by atoms with Crippen molar-refractivity contribution in [1.29, 1.82) is 0 Å². The summed E-state index contributed by atoms with van der Waals surface area (Å²) in [4.78, 5) is 4.70. The summed E-state index contributed by atoms with van der Waals surface area (Å²) in [6.07, 6.45) is 8.85. The summed E-state index contributed by atoms with van der Waals surface area (Å²) in [6.45, 7) is 7.97. The van der Waals surface area contributed by atoms with Crippen LogP contribution in [-0.2, 0) is 0 Å². The number of hydrogen-bond donors (Lipinski definition) is 1. The summed E-state index contributed by atoms with van der Waals surface area (Å²) in [6, 6.07) is 0.669. The second-order valence-corrected chi connectivity index (χ2v) is 9.43. The highest BCUT2D eigenvalue weighted by Gasteiger charge is 2.27. The molecule has 0 bridgehead atoms. The summed E-state index contributed by atoms with van der Waals surface area (Å²) in [7, 11) is 0. The molecule has 1 atom stereocenters. The third-order valence-electron chi connectivity index (χ3n) is 3.89. The van der Waals surface area contributed by atoms with Crippen LogP contribution in [0.4, 0.5) is 0 Å². The zero-order chi connectivity index (χ0) is 13.9. The lowest BCUT2D eigenvalue weighted by Gasteiger charge is -2.28. The molecule has 1 unspecified atom stereocenters. The van der Waals surface area contributed by atoms with Crippen LogP contribution in [0.3, 0.4) is 0 Å². The van der Waals surface area contributed by atoms with E-state index in [0.29, 0.717) is 16.7 Å². The molecule has 0 radical (unpaired) electrons. The molecule has 1 aliphatic carbocycles. The van der Waals surface area contributed by atoms with Gasteiger partial charge < -0.3 is 5.32 Å². The molecule has 1 heterocycles. The first kappa shape index (κ1) is 15.6. The maximum atomic E-state index is 4.70. The van der Waals surface area contributed by atoms with Gasteiger partial charge in [-0.3, -0.25) is 4.99 Å². The van der Waals surface area contributed by atoms with E-state index in [9.17, 15) is 0 Å². The molecular formula is C15H28N2S2. The van der Waals surface area contributed by atoms with E-state index in [0.717, 1.165) is 11.8 Å². The van der Waals surface area contributed by atoms with Crippen LogP contribution < -0.4 is 5.32 Å². The Balaban J connectivity index is 1.71. The average molecular weight is 301 g/mol. The third kappa shape index (κ3) is 5.22. The van der Waals surface area contributed by atoms with Gasteiger partial charge in [-0.05, 0) is 43.8 Å². The molecule has 0 saturated heterocycles. The van der Waals surface area contributed by atoms with Crippen LogP contribution in [0.25, 0.3) is 0 Å². The van der Waals surface area contributed by atoms with Crippen molar-refractivity contribution < 1.29 is 0 Å². The number of nitrogens with zero attached hydrogens (tertiary/aromatic N) is 1. The van der Waals surface area contributed by atoms with Crippen LogP contribution in [0.1, 0.15) is 52.9 Å². The molecule has 2 nitrogen and oxygen atoms in total. The van der Waals surface area contributed by atoms with E-state index in [1.165, 1.54) is 37.3 Å². The van der Waals surface area contributed by atoms with Crippen molar-refractivity contribution in [3.63, 3.8) is 0 Å². The van der Waals surface area contributed by atoms with Crippen LogP contribution >= 0.6 is 23.5 Å². The SMILES string of the molecule is CSC1CCC(NC2=NCC(CC(C)(C)C)S2)CC1. The molecule has 0 spiro atoms. The lowest BCUT2D eigenvalue weighted by Crippen LogP contribution is -2.36. The van der Waals surface area contributed by atoms with E-state index in [1.54, 1.807) is 0 Å². The molecule has 1 N–H and O–H groups in total. The molecule has 0 aromatic carbocycles. The van der Waals surface area contributed by atoms with Crippen LogP contribution in [-0.4, -0.2) is 34.5 Å². The minimum absolute atomic E-state index is 0.416. The molecule has 4 heteroatoms. The van der Waals surface area contributed by atoms with E-state index >= 15 is 0 Å². The molecule has 0 amide bonds. The summed E-state index contributed by atoms with van der Waals surface area (Å²) in [5.41, 5.74) is 0.416. The van der Waals surface area contributed by atoms with Crippen LogP contribution in [0.2, 0.25) is 0 Å². The number of amidine groups is 1. The van der Waals surface area contributed by atoms with Crippen molar-refractivity contribution in [2.24, 2.45) is 10.4 Å². The number of aliphatic imine (C=N–C) groups is 1. The van der Waals surface area contributed by atoms with E-state index in [4.69, 9.17) is 4.99 Å². The number of rotatable bonds is 3. The molecule has 110 valence electrons.